The van der Waals surface area contributed by atoms with Crippen LogP contribution in [0.5, 0.6) is 11.5 Å². The molecule has 0 heterocycles. The van der Waals surface area contributed by atoms with Crippen molar-refractivity contribution in [3.63, 3.8) is 0 Å². The maximum Gasteiger partial charge on any atom is 0.327 e. The van der Waals surface area contributed by atoms with Gasteiger partial charge in [0.2, 0.25) is 0 Å². The molecule has 4 rings (SSSR count). The van der Waals surface area contributed by atoms with Gasteiger partial charge in [-0.2, -0.15) is 0 Å². The van der Waals surface area contributed by atoms with Gasteiger partial charge in [0, 0.05) is 24.0 Å². The average Bonchev–Trinajstić information content (AvgIpc) is 3.44. The normalized spacial score (nSPS) is 17.7. The van der Waals surface area contributed by atoms with Crippen LogP contribution in [-0.2, 0) is 28.9 Å². The summed E-state index contributed by atoms with van der Waals surface area (Å²) >= 11 is 4.22. The number of carbonyl (C=O) groups is 4. The Morgan fingerprint density at radius 1 is 0.833 bits per heavy atom. The van der Waals surface area contributed by atoms with Crippen molar-refractivity contribution in [2.45, 2.75) is 72.6 Å². The number of Topliss-reactive ketones (excluding diaryl/α,β-unsaturated/α-hetero) is 2. The van der Waals surface area contributed by atoms with Crippen LogP contribution in [0, 0.1) is 0 Å². The fraction of sp³-hybridized carbons (Fsp3) is 0.429. The molecule has 8 heteroatoms. The van der Waals surface area contributed by atoms with Crippen LogP contribution in [0.1, 0.15) is 83.9 Å². The number of esters is 2. The lowest BCUT2D eigenvalue weighted by molar-refractivity contribution is -0.137. The maximum absolute atomic E-state index is 13.4. The Labute approximate surface area is 238 Å². The first kappa shape index (κ1) is 27.2. The number of carbonyl (C=O) groups excluding carboxylic acids is 4. The van der Waals surface area contributed by atoms with Gasteiger partial charge < -0.3 is 9.47 Å². The molecule has 36 heavy (non-hydrogen) atoms. The number of hydrogen-bond donors (Lipinski definition) is 0. The highest BCUT2D eigenvalue weighted by Crippen LogP contribution is 2.40. The number of benzene rings is 2. The summed E-state index contributed by atoms with van der Waals surface area (Å²) in [6.45, 7) is 5.65. The topological polar surface area (TPSA) is 86.7 Å². The Morgan fingerprint density at radius 2 is 1.50 bits per heavy atom. The number of rotatable bonds is 8. The van der Waals surface area contributed by atoms with Crippen LogP contribution in [0.2, 0.25) is 0 Å². The number of ether oxygens (including phenoxy) is 2. The highest BCUT2D eigenvalue weighted by molar-refractivity contribution is 14.1. The van der Waals surface area contributed by atoms with E-state index in [1.807, 2.05) is 26.8 Å². The van der Waals surface area contributed by atoms with Gasteiger partial charge in [-0.05, 0) is 62.3 Å². The Balaban J connectivity index is 1.61. The molecule has 0 saturated carbocycles. The average molecular weight is 714 g/mol. The smallest absolute Gasteiger partial charge is 0.327 e. The first-order valence-electron chi connectivity index (χ1n) is 12.2. The van der Waals surface area contributed by atoms with E-state index in [1.165, 1.54) is 0 Å². The third kappa shape index (κ3) is 5.12. The van der Waals surface area contributed by atoms with Crippen molar-refractivity contribution in [2.24, 2.45) is 0 Å². The largest absolute Gasteiger partial charge is 0.425 e. The van der Waals surface area contributed by atoms with Crippen LogP contribution in [0.25, 0.3) is 0 Å². The zero-order chi connectivity index (χ0) is 26.3. The summed E-state index contributed by atoms with van der Waals surface area (Å²) in [4.78, 5) is 51.0. The quantitative estimate of drug-likeness (QED) is 0.141. The van der Waals surface area contributed by atoms with Gasteiger partial charge in [-0.3, -0.25) is 19.2 Å². The molecule has 0 spiro atoms. The third-order valence-corrected chi connectivity index (χ3v) is 9.97. The van der Waals surface area contributed by atoms with Crippen molar-refractivity contribution < 1.29 is 28.7 Å². The Morgan fingerprint density at radius 3 is 2.19 bits per heavy atom. The van der Waals surface area contributed by atoms with E-state index in [0.717, 1.165) is 16.7 Å². The number of halogens is 2. The van der Waals surface area contributed by atoms with Gasteiger partial charge in [-0.15, -0.1) is 0 Å². The fourth-order valence-electron chi connectivity index (χ4n) is 4.61. The van der Waals surface area contributed by atoms with Gasteiger partial charge in [-0.1, -0.05) is 77.2 Å². The van der Waals surface area contributed by atoms with Crippen LogP contribution in [0.3, 0.4) is 0 Å². The summed E-state index contributed by atoms with van der Waals surface area (Å²) in [6, 6.07) is 8.77. The lowest BCUT2D eigenvalue weighted by Gasteiger charge is -2.26. The van der Waals surface area contributed by atoms with Crippen molar-refractivity contribution in [3.8, 4) is 11.5 Å². The monoisotopic (exact) mass is 714 g/mol. The van der Waals surface area contributed by atoms with Gasteiger partial charge in [0.15, 0.2) is 11.6 Å². The van der Waals surface area contributed by atoms with Crippen molar-refractivity contribution >= 4 is 68.7 Å². The lowest BCUT2D eigenvalue weighted by Crippen LogP contribution is -2.38. The van der Waals surface area contributed by atoms with E-state index in [9.17, 15) is 19.2 Å². The van der Waals surface area contributed by atoms with E-state index in [0.29, 0.717) is 67.6 Å². The molecule has 190 valence electrons. The number of hydrogen-bond acceptors (Lipinski definition) is 6. The van der Waals surface area contributed by atoms with Crippen molar-refractivity contribution in [1.29, 1.82) is 0 Å². The zero-order valence-electron chi connectivity index (χ0n) is 20.5. The molecule has 0 amide bonds. The van der Waals surface area contributed by atoms with E-state index < -0.39 is 6.84 Å². The highest BCUT2D eigenvalue weighted by atomic mass is 127. The fourth-order valence-corrected chi connectivity index (χ4v) is 5.24. The molecule has 0 saturated heterocycles. The standard InChI is InChI=1S/C28H28I2O6/c1-4-27(3,29)25(33)36-23-14-9-16(17-10-13-21(32)24(17)23)15-28(30,5-2)26(34)35-22-8-6-7-18-19(22)11-12-20(18)31/h6-9,14H,4-5,10-13,15H2,1-3H3. The molecule has 0 aliphatic heterocycles. The SMILES string of the molecule is CCC(C)(I)C(=O)Oc1ccc(CC(I)(CC)C(=O)Oc2cccc3c2CCC3=O)c2c1C(=O)CC2. The molecule has 0 bridgehead atoms. The minimum absolute atomic E-state index is 0.0519. The van der Waals surface area contributed by atoms with Gasteiger partial charge in [0.1, 0.15) is 18.3 Å². The molecule has 0 N–H and O–H groups in total. The second kappa shape index (κ2) is 10.5. The van der Waals surface area contributed by atoms with Crippen molar-refractivity contribution in [2.75, 3.05) is 0 Å². The van der Waals surface area contributed by atoms with E-state index in [4.69, 9.17) is 9.47 Å². The van der Waals surface area contributed by atoms with Gasteiger partial charge in [0.05, 0.1) is 5.56 Å². The number of alkyl halides is 2. The molecule has 2 unspecified atom stereocenters. The highest BCUT2D eigenvalue weighted by Gasteiger charge is 2.39. The van der Waals surface area contributed by atoms with Crippen LogP contribution >= 0.6 is 45.2 Å². The summed E-state index contributed by atoms with van der Waals surface area (Å²) in [7, 11) is 0. The Kier molecular flexibility index (Phi) is 7.95. The third-order valence-electron chi connectivity index (χ3n) is 7.18. The molecular formula is C28H28I2O6. The van der Waals surface area contributed by atoms with Crippen LogP contribution in [-0.4, -0.2) is 30.3 Å². The predicted octanol–water partition coefficient (Wildman–Crippen LogP) is 6.19. The molecule has 0 aromatic heterocycles. The van der Waals surface area contributed by atoms with Crippen LogP contribution < -0.4 is 9.47 Å². The predicted molar refractivity (Wildman–Crippen MR) is 153 cm³/mol. The maximum atomic E-state index is 13.4. The molecule has 2 atom stereocenters. The molecule has 2 aliphatic rings. The first-order chi connectivity index (χ1) is 17.0. The zero-order valence-corrected chi connectivity index (χ0v) is 24.9. The molecule has 2 aliphatic carbocycles. The summed E-state index contributed by atoms with van der Waals surface area (Å²) in [5, 5.41) is 0. The number of ketones is 2. The van der Waals surface area contributed by atoms with E-state index >= 15 is 0 Å². The molecule has 2 aromatic carbocycles. The summed E-state index contributed by atoms with van der Waals surface area (Å²) in [6.07, 6.45) is 3.39. The minimum Gasteiger partial charge on any atom is -0.425 e. The molecule has 2 aromatic rings. The van der Waals surface area contributed by atoms with Gasteiger partial charge in [-0.25, -0.2) is 0 Å². The summed E-state index contributed by atoms with van der Waals surface area (Å²) in [5.74, 6) is -0.00510. The second-order valence-electron chi connectivity index (χ2n) is 9.53. The van der Waals surface area contributed by atoms with E-state index in [-0.39, 0.29) is 23.5 Å². The van der Waals surface area contributed by atoms with E-state index in [2.05, 4.69) is 45.2 Å². The molecule has 0 fully saturated rings. The minimum atomic E-state index is -0.871. The van der Waals surface area contributed by atoms with Crippen molar-refractivity contribution in [3.05, 3.63) is 58.1 Å². The first-order valence-corrected chi connectivity index (χ1v) is 14.3. The van der Waals surface area contributed by atoms with Gasteiger partial charge in [0.25, 0.3) is 0 Å². The van der Waals surface area contributed by atoms with Crippen LogP contribution in [0.4, 0.5) is 0 Å². The summed E-state index contributed by atoms with van der Waals surface area (Å²) < 4.78 is 9.99. The van der Waals surface area contributed by atoms with E-state index in [1.54, 1.807) is 24.3 Å². The Bertz CT molecular complexity index is 1260. The number of fused-ring (bicyclic) bond motifs is 2. The lowest BCUT2D eigenvalue weighted by atomic mass is 9.91. The molecule has 6 nitrogen and oxygen atoms in total. The van der Waals surface area contributed by atoms with Gasteiger partial charge >= 0.3 is 11.9 Å². The second-order valence-corrected chi connectivity index (χ2v) is 14.0. The molecular weight excluding hydrogens is 686 g/mol. The molecule has 0 radical (unpaired) electrons. The summed E-state index contributed by atoms with van der Waals surface area (Å²) in [5.41, 5.74) is 3.59. The Hall–Kier alpha value is -1.82. The van der Waals surface area contributed by atoms with Crippen molar-refractivity contribution in [1.82, 2.24) is 0 Å². The van der Waals surface area contributed by atoms with Crippen LogP contribution in [0.15, 0.2) is 30.3 Å².